The minimum absolute atomic E-state index is 0.0747. The molecule has 0 atom stereocenters. The van der Waals surface area contributed by atoms with Crippen LogP contribution in [0.25, 0.3) is 0 Å². The quantitative estimate of drug-likeness (QED) is 0.503. The Hall–Kier alpha value is -1.23. The van der Waals surface area contributed by atoms with Crippen LogP contribution < -0.4 is 5.32 Å². The van der Waals surface area contributed by atoms with Gasteiger partial charge in [-0.25, -0.2) is 0 Å². The van der Waals surface area contributed by atoms with Crippen molar-refractivity contribution >= 4 is 5.78 Å². The van der Waals surface area contributed by atoms with Crippen molar-refractivity contribution in [1.29, 1.82) is 0 Å². The van der Waals surface area contributed by atoms with Gasteiger partial charge >= 0.3 is 0 Å². The van der Waals surface area contributed by atoms with E-state index < -0.39 is 11.8 Å². The van der Waals surface area contributed by atoms with Crippen LogP contribution in [0, 0.1) is 0 Å². The van der Waals surface area contributed by atoms with E-state index in [2.05, 4.69) is 5.32 Å². The molecule has 1 aromatic carbocycles. The average molecular weight is 223 g/mol. The molecule has 3 N–H and O–H groups in total. The van der Waals surface area contributed by atoms with Gasteiger partial charge in [0.25, 0.3) is 0 Å². The van der Waals surface area contributed by atoms with Crippen LogP contribution in [-0.4, -0.2) is 34.4 Å². The van der Waals surface area contributed by atoms with Crippen LogP contribution in [0.5, 0.6) is 0 Å². The Bertz CT molecular complexity index is 347. The van der Waals surface area contributed by atoms with Crippen LogP contribution in [0.1, 0.15) is 24.2 Å². The lowest BCUT2D eigenvalue weighted by Gasteiger charge is -2.27. The van der Waals surface area contributed by atoms with Gasteiger partial charge in [-0.15, -0.1) is 0 Å². The van der Waals surface area contributed by atoms with E-state index in [1.807, 2.05) is 6.07 Å². The van der Waals surface area contributed by atoms with E-state index in [9.17, 15) is 4.79 Å². The van der Waals surface area contributed by atoms with Crippen LogP contribution in [0.4, 0.5) is 0 Å². The molecule has 0 unspecified atom stereocenters. The molecule has 0 saturated carbocycles. The molecular formula is C12H17NO3. The first-order valence-electron chi connectivity index (χ1n) is 5.13. The molecular weight excluding hydrogens is 206 g/mol. The monoisotopic (exact) mass is 223 g/mol. The van der Waals surface area contributed by atoms with Gasteiger partial charge < -0.3 is 15.5 Å². The van der Waals surface area contributed by atoms with E-state index >= 15 is 0 Å². The topological polar surface area (TPSA) is 69.6 Å². The highest BCUT2D eigenvalue weighted by atomic mass is 16.5. The predicted molar refractivity (Wildman–Crippen MR) is 61.1 cm³/mol. The number of aliphatic hydroxyl groups is 2. The molecule has 0 bridgehead atoms. The molecule has 0 heterocycles. The van der Waals surface area contributed by atoms with E-state index in [1.54, 1.807) is 38.1 Å². The second-order valence-electron chi connectivity index (χ2n) is 4.24. The molecule has 0 spiro atoms. The summed E-state index contributed by atoms with van der Waals surface area (Å²) < 4.78 is 0. The number of carbonyl (C=O) groups is 1. The maximum absolute atomic E-state index is 11.7. The van der Waals surface area contributed by atoms with Gasteiger partial charge in [-0.3, -0.25) is 4.79 Å². The maximum Gasteiger partial charge on any atom is 0.176 e. The van der Waals surface area contributed by atoms with E-state index in [0.29, 0.717) is 5.56 Å². The first kappa shape index (κ1) is 12.8. The first-order chi connectivity index (χ1) is 7.43. The Labute approximate surface area is 94.9 Å². The maximum atomic E-state index is 11.7. The molecule has 4 nitrogen and oxygen atoms in total. The molecule has 1 aromatic rings. The van der Waals surface area contributed by atoms with Crippen LogP contribution >= 0.6 is 0 Å². The lowest BCUT2D eigenvalue weighted by Crippen LogP contribution is -2.51. The van der Waals surface area contributed by atoms with Gasteiger partial charge in [-0.05, 0) is 13.8 Å². The van der Waals surface area contributed by atoms with Gasteiger partial charge in [0.1, 0.15) is 0 Å². The first-order valence-corrected chi connectivity index (χ1v) is 5.13. The van der Waals surface area contributed by atoms with E-state index in [-0.39, 0.29) is 12.3 Å². The van der Waals surface area contributed by atoms with Crippen LogP contribution in [0.3, 0.4) is 0 Å². The van der Waals surface area contributed by atoms with E-state index in [0.717, 1.165) is 0 Å². The number of Topliss-reactive ketones (excluding diaryl/α,β-unsaturated/α-hetero) is 1. The number of ketones is 1. The third-order valence-electron chi connectivity index (χ3n) is 2.45. The van der Waals surface area contributed by atoms with Gasteiger partial charge in [0.2, 0.25) is 0 Å². The molecule has 0 radical (unpaired) electrons. The number of hydrogen-bond donors (Lipinski definition) is 3. The van der Waals surface area contributed by atoms with Crippen molar-refractivity contribution in [3.05, 3.63) is 35.9 Å². The van der Waals surface area contributed by atoms with Crippen molar-refractivity contribution in [3.8, 4) is 0 Å². The standard InChI is InChI=1S/C12H17NO3/c1-12(2,11(15)16)13-8-10(14)9-6-4-3-5-7-9/h3-7,11,13,15-16H,8H2,1-2H3. The van der Waals surface area contributed by atoms with Crippen LogP contribution in [-0.2, 0) is 0 Å². The molecule has 1 rings (SSSR count). The van der Waals surface area contributed by atoms with Crippen molar-refractivity contribution in [2.75, 3.05) is 6.54 Å². The molecule has 0 aliphatic carbocycles. The van der Waals surface area contributed by atoms with Crippen molar-refractivity contribution in [2.45, 2.75) is 25.7 Å². The number of hydrogen-bond acceptors (Lipinski definition) is 4. The minimum Gasteiger partial charge on any atom is -0.367 e. The average Bonchev–Trinajstić information content (AvgIpc) is 2.27. The number of rotatable bonds is 5. The summed E-state index contributed by atoms with van der Waals surface area (Å²) in [5, 5.41) is 20.9. The summed E-state index contributed by atoms with van der Waals surface area (Å²) in [5.74, 6) is -0.0747. The Morgan fingerprint density at radius 1 is 1.31 bits per heavy atom. The zero-order valence-corrected chi connectivity index (χ0v) is 9.47. The Balaban J connectivity index is 2.54. The number of nitrogens with one attached hydrogen (secondary N) is 1. The number of carbonyl (C=O) groups excluding carboxylic acids is 1. The zero-order chi connectivity index (χ0) is 12.2. The second-order valence-corrected chi connectivity index (χ2v) is 4.24. The smallest absolute Gasteiger partial charge is 0.176 e. The van der Waals surface area contributed by atoms with E-state index in [1.165, 1.54) is 0 Å². The molecule has 0 fully saturated rings. The lowest BCUT2D eigenvalue weighted by atomic mass is 10.0. The number of aliphatic hydroxyl groups excluding tert-OH is 1. The summed E-state index contributed by atoms with van der Waals surface area (Å²) in [5.41, 5.74) is -0.289. The molecule has 0 amide bonds. The third kappa shape index (κ3) is 3.41. The van der Waals surface area contributed by atoms with Gasteiger partial charge in [0, 0.05) is 5.56 Å². The number of benzene rings is 1. The summed E-state index contributed by atoms with van der Waals surface area (Å²) in [6.07, 6.45) is -1.50. The molecule has 88 valence electrons. The summed E-state index contributed by atoms with van der Waals surface area (Å²) in [7, 11) is 0. The highest BCUT2D eigenvalue weighted by Gasteiger charge is 2.25. The predicted octanol–water partition coefficient (Wildman–Crippen LogP) is 0.548. The lowest BCUT2D eigenvalue weighted by molar-refractivity contribution is -0.0958. The van der Waals surface area contributed by atoms with Gasteiger partial charge in [0.15, 0.2) is 12.1 Å². The SMILES string of the molecule is CC(C)(NCC(=O)c1ccccc1)C(O)O. The third-order valence-corrected chi connectivity index (χ3v) is 2.45. The van der Waals surface area contributed by atoms with E-state index in [4.69, 9.17) is 10.2 Å². The van der Waals surface area contributed by atoms with Crippen molar-refractivity contribution in [2.24, 2.45) is 0 Å². The largest absolute Gasteiger partial charge is 0.367 e. The fraction of sp³-hybridized carbons (Fsp3) is 0.417. The molecule has 4 heteroatoms. The van der Waals surface area contributed by atoms with Gasteiger partial charge in [-0.2, -0.15) is 0 Å². The fourth-order valence-electron chi connectivity index (χ4n) is 1.13. The molecule has 0 aliphatic heterocycles. The van der Waals surface area contributed by atoms with Crippen molar-refractivity contribution < 1.29 is 15.0 Å². The normalized spacial score (nSPS) is 11.8. The minimum atomic E-state index is -1.50. The summed E-state index contributed by atoms with van der Waals surface area (Å²) in [4.78, 5) is 11.7. The summed E-state index contributed by atoms with van der Waals surface area (Å²) in [6, 6.07) is 8.88. The fourth-order valence-corrected chi connectivity index (χ4v) is 1.13. The highest BCUT2D eigenvalue weighted by molar-refractivity contribution is 5.97. The Morgan fingerprint density at radius 2 is 1.88 bits per heavy atom. The van der Waals surface area contributed by atoms with Crippen molar-refractivity contribution in [3.63, 3.8) is 0 Å². The molecule has 16 heavy (non-hydrogen) atoms. The van der Waals surface area contributed by atoms with Gasteiger partial charge in [-0.1, -0.05) is 30.3 Å². The Kier molecular flexibility index (Phi) is 4.18. The summed E-state index contributed by atoms with van der Waals surface area (Å²) >= 11 is 0. The summed E-state index contributed by atoms with van der Waals surface area (Å²) in [6.45, 7) is 3.32. The Morgan fingerprint density at radius 3 is 2.38 bits per heavy atom. The molecule has 0 aliphatic rings. The van der Waals surface area contributed by atoms with Gasteiger partial charge in [0.05, 0.1) is 12.1 Å². The van der Waals surface area contributed by atoms with Crippen molar-refractivity contribution in [1.82, 2.24) is 5.32 Å². The highest BCUT2D eigenvalue weighted by Crippen LogP contribution is 2.07. The zero-order valence-electron chi connectivity index (χ0n) is 9.47. The second kappa shape index (κ2) is 5.21. The van der Waals surface area contributed by atoms with Crippen LogP contribution in [0.15, 0.2) is 30.3 Å². The molecule has 0 saturated heterocycles. The van der Waals surface area contributed by atoms with Crippen LogP contribution in [0.2, 0.25) is 0 Å². The molecule has 0 aromatic heterocycles.